The van der Waals surface area contributed by atoms with E-state index in [1.807, 2.05) is 12.1 Å². The van der Waals surface area contributed by atoms with Crippen LogP contribution in [0, 0.1) is 10.1 Å². The van der Waals surface area contributed by atoms with Crippen molar-refractivity contribution in [2.75, 3.05) is 31.1 Å². The quantitative estimate of drug-likeness (QED) is 0.552. The van der Waals surface area contributed by atoms with E-state index >= 15 is 0 Å². The molecule has 162 valence electrons. The van der Waals surface area contributed by atoms with Crippen LogP contribution in [0.25, 0.3) is 0 Å². The first kappa shape index (κ1) is 20.7. The van der Waals surface area contributed by atoms with E-state index in [1.54, 1.807) is 17.0 Å². The van der Waals surface area contributed by atoms with Gasteiger partial charge in [0.15, 0.2) is 0 Å². The zero-order chi connectivity index (χ0) is 20.9. The summed E-state index contributed by atoms with van der Waals surface area (Å²) in [6, 6.07) is 7.67. The van der Waals surface area contributed by atoms with E-state index in [2.05, 4.69) is 32.0 Å². The first-order valence-electron chi connectivity index (χ1n) is 11.3. The van der Waals surface area contributed by atoms with E-state index in [4.69, 9.17) is 0 Å². The van der Waals surface area contributed by atoms with Gasteiger partial charge < -0.3 is 9.80 Å². The lowest BCUT2D eigenvalue weighted by Gasteiger charge is -2.37. The van der Waals surface area contributed by atoms with Gasteiger partial charge in [0.2, 0.25) is 5.82 Å². The predicted molar refractivity (Wildman–Crippen MR) is 114 cm³/mol. The third-order valence-electron chi connectivity index (χ3n) is 6.65. The number of hydrogen-bond acceptors (Lipinski definition) is 6. The molecular formula is C21H32N7O2+. The number of piperazine rings is 1. The Bertz CT molecular complexity index is 824. The summed E-state index contributed by atoms with van der Waals surface area (Å²) in [5.41, 5.74) is 1.19. The van der Waals surface area contributed by atoms with Crippen LogP contribution in [0.5, 0.6) is 0 Å². The molecule has 2 heterocycles. The minimum absolute atomic E-state index is 0.139. The molecule has 1 saturated heterocycles. The normalized spacial score (nSPS) is 19.7. The first-order valence-corrected chi connectivity index (χ1v) is 11.3. The standard InChI is InChI=1S/C21H31N7O2/c1-2-6-20(21-22-23-24-27(21)18-7-4-3-5-8-18)26-15-13-25(14-16-26)17-9-11-19(12-10-17)28(29)30/h9-12,18,20H,2-8,13-16H2,1H3/p+1/t20-/m1/s1. The van der Waals surface area contributed by atoms with Gasteiger partial charge in [-0.3, -0.25) is 10.1 Å². The fourth-order valence-corrected chi connectivity index (χ4v) is 5.01. The molecule has 1 aliphatic carbocycles. The van der Waals surface area contributed by atoms with Gasteiger partial charge >= 0.3 is 0 Å². The Morgan fingerprint density at radius 1 is 1.17 bits per heavy atom. The molecule has 0 amide bonds. The van der Waals surface area contributed by atoms with Crippen LogP contribution < -0.4 is 9.80 Å². The van der Waals surface area contributed by atoms with Gasteiger partial charge in [0.25, 0.3) is 5.69 Å². The second kappa shape index (κ2) is 9.51. The summed E-state index contributed by atoms with van der Waals surface area (Å²) in [6.07, 6.45) is 8.41. The number of nitrogens with zero attached hydrogens (tertiary/aromatic N) is 6. The molecule has 0 radical (unpaired) electrons. The zero-order valence-corrected chi connectivity index (χ0v) is 17.7. The molecule has 9 heteroatoms. The summed E-state index contributed by atoms with van der Waals surface area (Å²) < 4.78 is 2.13. The number of quaternary nitrogens is 1. The Kier molecular flexibility index (Phi) is 6.56. The fourth-order valence-electron chi connectivity index (χ4n) is 5.01. The molecule has 1 aliphatic heterocycles. The van der Waals surface area contributed by atoms with Crippen LogP contribution in [0.15, 0.2) is 24.3 Å². The van der Waals surface area contributed by atoms with Crippen molar-refractivity contribution in [2.45, 2.75) is 64.0 Å². The molecular weight excluding hydrogens is 382 g/mol. The summed E-state index contributed by atoms with van der Waals surface area (Å²) in [4.78, 5) is 14.4. The van der Waals surface area contributed by atoms with Gasteiger partial charge in [-0.1, -0.05) is 32.6 Å². The third kappa shape index (κ3) is 4.45. The number of nitro benzene ring substituents is 1. The number of nitro groups is 1. The number of aromatic nitrogens is 4. The number of anilines is 1. The van der Waals surface area contributed by atoms with Gasteiger partial charge in [-0.05, 0) is 35.4 Å². The molecule has 2 aliphatic rings. The van der Waals surface area contributed by atoms with Crippen LogP contribution in [0.3, 0.4) is 0 Å². The van der Waals surface area contributed by atoms with Crippen molar-refractivity contribution in [1.82, 2.24) is 20.2 Å². The molecule has 30 heavy (non-hydrogen) atoms. The number of tetrazole rings is 1. The highest BCUT2D eigenvalue weighted by molar-refractivity contribution is 5.51. The smallest absolute Gasteiger partial charge is 0.269 e. The van der Waals surface area contributed by atoms with Gasteiger partial charge in [-0.2, -0.15) is 0 Å². The number of non-ortho nitro benzene ring substituents is 1. The molecule has 1 atom stereocenters. The van der Waals surface area contributed by atoms with Crippen LogP contribution in [-0.4, -0.2) is 51.3 Å². The van der Waals surface area contributed by atoms with Crippen LogP contribution in [0.1, 0.15) is 69.8 Å². The lowest BCUT2D eigenvalue weighted by molar-refractivity contribution is -0.933. The van der Waals surface area contributed by atoms with Gasteiger partial charge in [-0.25, -0.2) is 4.68 Å². The molecule has 2 fully saturated rings. The Morgan fingerprint density at radius 3 is 2.50 bits per heavy atom. The summed E-state index contributed by atoms with van der Waals surface area (Å²) in [6.45, 7) is 6.11. The van der Waals surface area contributed by atoms with E-state index in [0.29, 0.717) is 12.1 Å². The van der Waals surface area contributed by atoms with E-state index in [1.165, 1.54) is 32.1 Å². The van der Waals surface area contributed by atoms with Gasteiger partial charge in [0.1, 0.15) is 6.04 Å². The molecule has 0 unspecified atom stereocenters. The monoisotopic (exact) mass is 414 g/mol. The molecule has 0 spiro atoms. The van der Waals surface area contributed by atoms with Crippen molar-refractivity contribution >= 4 is 11.4 Å². The minimum Gasteiger partial charge on any atom is -0.360 e. The molecule has 1 aromatic heterocycles. The van der Waals surface area contributed by atoms with Gasteiger partial charge in [0.05, 0.1) is 37.1 Å². The second-order valence-electron chi connectivity index (χ2n) is 8.53. The molecule has 1 aromatic carbocycles. The van der Waals surface area contributed by atoms with Crippen LogP contribution >= 0.6 is 0 Å². The number of benzene rings is 1. The summed E-state index contributed by atoms with van der Waals surface area (Å²) >= 11 is 0. The highest BCUT2D eigenvalue weighted by atomic mass is 16.6. The van der Waals surface area contributed by atoms with Crippen LogP contribution in [0.4, 0.5) is 11.4 Å². The Morgan fingerprint density at radius 2 is 1.87 bits per heavy atom. The molecule has 9 nitrogen and oxygen atoms in total. The largest absolute Gasteiger partial charge is 0.360 e. The summed E-state index contributed by atoms with van der Waals surface area (Å²) in [5, 5.41) is 23.8. The van der Waals surface area contributed by atoms with Crippen molar-refractivity contribution in [3.05, 3.63) is 40.2 Å². The molecule has 4 rings (SSSR count). The Balaban J connectivity index is 1.44. The van der Waals surface area contributed by atoms with Crippen LogP contribution in [0.2, 0.25) is 0 Å². The van der Waals surface area contributed by atoms with Crippen LogP contribution in [-0.2, 0) is 0 Å². The highest BCUT2D eigenvalue weighted by Crippen LogP contribution is 2.29. The summed E-state index contributed by atoms with van der Waals surface area (Å²) in [5.74, 6) is 1.06. The maximum absolute atomic E-state index is 10.9. The Hall–Kier alpha value is -2.55. The fraction of sp³-hybridized carbons (Fsp3) is 0.667. The van der Waals surface area contributed by atoms with Crippen molar-refractivity contribution in [3.8, 4) is 0 Å². The predicted octanol–water partition coefficient (Wildman–Crippen LogP) is 2.33. The van der Waals surface area contributed by atoms with Gasteiger partial charge in [0, 0.05) is 24.2 Å². The summed E-state index contributed by atoms with van der Waals surface area (Å²) in [7, 11) is 0. The van der Waals surface area contributed by atoms with Crippen molar-refractivity contribution in [2.24, 2.45) is 0 Å². The average molecular weight is 415 g/mol. The maximum atomic E-state index is 10.9. The number of rotatable bonds is 7. The van der Waals surface area contributed by atoms with Crippen molar-refractivity contribution in [1.29, 1.82) is 0 Å². The SMILES string of the molecule is CCC[C@H](c1nnnn1C1CCCCC1)[NH+]1CCN(c2ccc([N+](=O)[O-])cc2)CC1. The van der Waals surface area contributed by atoms with Crippen molar-refractivity contribution < 1.29 is 9.82 Å². The highest BCUT2D eigenvalue weighted by Gasteiger charge is 2.34. The van der Waals surface area contributed by atoms with E-state index in [-0.39, 0.29) is 10.6 Å². The van der Waals surface area contributed by atoms with Gasteiger partial charge in [-0.15, -0.1) is 5.10 Å². The van der Waals surface area contributed by atoms with E-state index in [9.17, 15) is 10.1 Å². The molecule has 2 aromatic rings. The minimum atomic E-state index is -0.349. The van der Waals surface area contributed by atoms with E-state index in [0.717, 1.165) is 50.5 Å². The lowest BCUT2D eigenvalue weighted by Crippen LogP contribution is -3.15. The Labute approximate surface area is 177 Å². The third-order valence-corrected chi connectivity index (χ3v) is 6.65. The first-order chi connectivity index (χ1) is 14.7. The average Bonchev–Trinajstić information content (AvgIpc) is 3.28. The topological polar surface area (TPSA) is 94.4 Å². The number of hydrogen-bond donors (Lipinski definition) is 1. The lowest BCUT2D eigenvalue weighted by atomic mass is 9.95. The second-order valence-corrected chi connectivity index (χ2v) is 8.53. The van der Waals surface area contributed by atoms with Crippen molar-refractivity contribution in [3.63, 3.8) is 0 Å². The molecule has 1 saturated carbocycles. The molecule has 0 bridgehead atoms. The van der Waals surface area contributed by atoms with E-state index < -0.39 is 0 Å². The zero-order valence-electron chi connectivity index (χ0n) is 17.7. The maximum Gasteiger partial charge on any atom is 0.269 e. The molecule has 1 N–H and O–H groups in total. The number of nitrogens with one attached hydrogen (secondary N) is 1.